The second kappa shape index (κ2) is 6.46. The van der Waals surface area contributed by atoms with Gasteiger partial charge in [0, 0.05) is 31.4 Å². The summed E-state index contributed by atoms with van der Waals surface area (Å²) < 4.78 is 7.73. The van der Waals surface area contributed by atoms with Gasteiger partial charge in [-0.1, -0.05) is 6.92 Å². The fourth-order valence-corrected chi connectivity index (χ4v) is 5.11. The van der Waals surface area contributed by atoms with Gasteiger partial charge < -0.3 is 9.30 Å². The van der Waals surface area contributed by atoms with Crippen molar-refractivity contribution in [3.8, 4) is 0 Å². The maximum Gasteiger partial charge on any atom is 0.416 e. The number of likely N-dealkylation sites (tertiary alicyclic amines) is 1. The highest BCUT2D eigenvalue weighted by atomic mass is 16.6. The Bertz CT molecular complexity index is 671. The number of ether oxygens (including phenoxy) is 1. The minimum atomic E-state index is -0.423. The summed E-state index contributed by atoms with van der Waals surface area (Å²) in [6.07, 6.45) is 9.33. The maximum absolute atomic E-state index is 12.7. The molecular formula is C19H27N3O3. The fraction of sp³-hybridized carbons (Fsp3) is 0.737. The average molecular weight is 345 g/mol. The monoisotopic (exact) mass is 345 g/mol. The average Bonchev–Trinajstić information content (AvgIpc) is 3.34. The van der Waals surface area contributed by atoms with Crippen LogP contribution in [0.2, 0.25) is 0 Å². The molecule has 1 saturated heterocycles. The van der Waals surface area contributed by atoms with Crippen molar-refractivity contribution in [2.24, 2.45) is 30.7 Å². The number of aromatic nitrogens is 2. The molecule has 1 aromatic rings. The molecule has 0 radical (unpaired) electrons. The normalized spacial score (nSPS) is 34.1. The highest BCUT2D eigenvalue weighted by Gasteiger charge is 2.46. The summed E-state index contributed by atoms with van der Waals surface area (Å²) in [6, 6.07) is 0. The van der Waals surface area contributed by atoms with E-state index in [1.165, 1.54) is 17.7 Å². The minimum Gasteiger partial charge on any atom is -0.445 e. The van der Waals surface area contributed by atoms with Gasteiger partial charge in [0.2, 0.25) is 5.91 Å². The Hall–Kier alpha value is -1.85. The van der Waals surface area contributed by atoms with Gasteiger partial charge in [0.05, 0.1) is 6.33 Å². The Kier molecular flexibility index (Phi) is 4.29. The van der Waals surface area contributed by atoms with Crippen LogP contribution >= 0.6 is 0 Å². The molecule has 136 valence electrons. The van der Waals surface area contributed by atoms with E-state index in [1.54, 1.807) is 6.33 Å². The number of hydrogen-bond donors (Lipinski definition) is 0. The first-order valence-electron chi connectivity index (χ1n) is 9.54. The first-order chi connectivity index (χ1) is 12.1. The molecule has 1 aliphatic heterocycles. The Balaban J connectivity index is 1.42. The van der Waals surface area contributed by atoms with Crippen LogP contribution in [0.4, 0.5) is 4.79 Å². The second-order valence-electron chi connectivity index (χ2n) is 8.02. The largest absolute Gasteiger partial charge is 0.445 e. The molecule has 0 spiro atoms. The first kappa shape index (κ1) is 16.6. The predicted molar refractivity (Wildman–Crippen MR) is 91.6 cm³/mol. The zero-order valence-electron chi connectivity index (χ0n) is 15.1. The SMILES string of the molecule is CC[C@H]1C(=O)N(C(=O)OC2CC3CCC2C3)C[C@@H]1Cc1cncn1C. The molecular weight excluding hydrogens is 318 g/mol. The summed E-state index contributed by atoms with van der Waals surface area (Å²) in [5.41, 5.74) is 1.10. The minimum absolute atomic E-state index is 0.0234. The van der Waals surface area contributed by atoms with Crippen molar-refractivity contribution in [3.05, 3.63) is 18.2 Å². The molecule has 3 aliphatic rings. The molecule has 6 nitrogen and oxygen atoms in total. The van der Waals surface area contributed by atoms with E-state index < -0.39 is 6.09 Å². The Morgan fingerprint density at radius 3 is 2.80 bits per heavy atom. The molecule has 1 aromatic heterocycles. The van der Waals surface area contributed by atoms with E-state index in [0.29, 0.717) is 12.5 Å². The van der Waals surface area contributed by atoms with Crippen molar-refractivity contribution in [2.45, 2.75) is 51.6 Å². The van der Waals surface area contributed by atoms with Gasteiger partial charge in [0.15, 0.2) is 0 Å². The van der Waals surface area contributed by atoms with Gasteiger partial charge in [0.25, 0.3) is 0 Å². The van der Waals surface area contributed by atoms with Gasteiger partial charge in [-0.05, 0) is 56.3 Å². The summed E-state index contributed by atoms with van der Waals surface area (Å²) in [4.78, 5) is 30.9. The lowest BCUT2D eigenvalue weighted by Crippen LogP contribution is -2.37. The molecule has 3 fully saturated rings. The molecule has 0 N–H and O–H groups in total. The van der Waals surface area contributed by atoms with Crippen LogP contribution in [-0.2, 0) is 23.0 Å². The summed E-state index contributed by atoms with van der Waals surface area (Å²) in [6.45, 7) is 2.48. The lowest BCUT2D eigenvalue weighted by molar-refractivity contribution is -0.130. The van der Waals surface area contributed by atoms with Gasteiger partial charge in [0.1, 0.15) is 6.10 Å². The number of aryl methyl sites for hydroxylation is 1. The molecule has 2 bridgehead atoms. The van der Waals surface area contributed by atoms with E-state index in [9.17, 15) is 9.59 Å². The third kappa shape index (κ3) is 2.96. The zero-order chi connectivity index (χ0) is 17.6. The molecule has 5 atom stereocenters. The molecule has 2 aliphatic carbocycles. The van der Waals surface area contributed by atoms with E-state index in [-0.39, 0.29) is 23.8 Å². The number of amides is 2. The molecule has 6 heteroatoms. The van der Waals surface area contributed by atoms with Crippen molar-refractivity contribution in [2.75, 3.05) is 6.54 Å². The standard InChI is InChI=1S/C19H27N3O3/c1-3-16-14(8-15-9-20-11-21(15)2)10-22(18(16)23)19(24)25-17-7-12-4-5-13(17)6-12/h9,11-14,16-17H,3-8,10H2,1-2H3/t12?,13?,14-,16+,17?/m0/s1. The summed E-state index contributed by atoms with van der Waals surface area (Å²) in [5.74, 6) is 1.20. The Morgan fingerprint density at radius 2 is 2.20 bits per heavy atom. The molecule has 2 heterocycles. The molecule has 0 aromatic carbocycles. The van der Waals surface area contributed by atoms with Gasteiger partial charge in [-0.25, -0.2) is 14.7 Å². The van der Waals surface area contributed by atoms with Crippen LogP contribution in [0.25, 0.3) is 0 Å². The lowest BCUT2D eigenvalue weighted by Gasteiger charge is -2.24. The molecule has 4 rings (SSSR count). The molecule has 25 heavy (non-hydrogen) atoms. The summed E-state index contributed by atoms with van der Waals surface area (Å²) in [5, 5.41) is 0. The van der Waals surface area contributed by atoms with Crippen LogP contribution < -0.4 is 0 Å². The second-order valence-corrected chi connectivity index (χ2v) is 8.02. The van der Waals surface area contributed by atoms with Crippen molar-refractivity contribution >= 4 is 12.0 Å². The Labute approximate surface area is 148 Å². The van der Waals surface area contributed by atoms with Crippen molar-refractivity contribution in [1.82, 2.24) is 14.5 Å². The molecule has 2 saturated carbocycles. The van der Waals surface area contributed by atoms with E-state index in [1.807, 2.05) is 24.7 Å². The van der Waals surface area contributed by atoms with Crippen LogP contribution in [0.1, 0.15) is 44.7 Å². The quantitative estimate of drug-likeness (QED) is 0.842. The first-order valence-corrected chi connectivity index (χ1v) is 9.54. The van der Waals surface area contributed by atoms with Gasteiger partial charge >= 0.3 is 6.09 Å². The number of nitrogens with zero attached hydrogens (tertiary/aromatic N) is 3. The lowest BCUT2D eigenvalue weighted by atomic mass is 9.89. The highest BCUT2D eigenvalue weighted by Crippen LogP contribution is 2.46. The summed E-state index contributed by atoms with van der Waals surface area (Å²) >= 11 is 0. The highest BCUT2D eigenvalue weighted by molar-refractivity contribution is 5.95. The van der Waals surface area contributed by atoms with Crippen LogP contribution in [0.3, 0.4) is 0 Å². The van der Waals surface area contributed by atoms with Gasteiger partial charge in [-0.15, -0.1) is 0 Å². The number of rotatable bonds is 4. The van der Waals surface area contributed by atoms with Crippen LogP contribution in [-0.4, -0.2) is 39.1 Å². The summed E-state index contributed by atoms with van der Waals surface area (Å²) in [7, 11) is 1.96. The Morgan fingerprint density at radius 1 is 1.36 bits per heavy atom. The van der Waals surface area contributed by atoms with Crippen LogP contribution in [0.15, 0.2) is 12.5 Å². The fourth-order valence-electron chi connectivity index (χ4n) is 5.11. The molecule has 3 unspecified atom stereocenters. The zero-order valence-corrected chi connectivity index (χ0v) is 15.1. The third-order valence-corrected chi connectivity index (χ3v) is 6.54. The number of imide groups is 1. The van der Waals surface area contributed by atoms with Crippen molar-refractivity contribution in [1.29, 1.82) is 0 Å². The number of carbonyl (C=O) groups excluding carboxylic acids is 2. The number of hydrogen-bond acceptors (Lipinski definition) is 4. The number of carbonyl (C=O) groups is 2. The van der Waals surface area contributed by atoms with Gasteiger partial charge in [-0.2, -0.15) is 0 Å². The topological polar surface area (TPSA) is 64.4 Å². The van der Waals surface area contributed by atoms with Crippen LogP contribution in [0.5, 0.6) is 0 Å². The maximum atomic E-state index is 12.7. The third-order valence-electron chi connectivity index (χ3n) is 6.54. The van der Waals surface area contributed by atoms with E-state index >= 15 is 0 Å². The van der Waals surface area contributed by atoms with E-state index in [2.05, 4.69) is 4.98 Å². The molecule has 2 amide bonds. The smallest absolute Gasteiger partial charge is 0.416 e. The number of imidazole rings is 1. The van der Waals surface area contributed by atoms with Crippen molar-refractivity contribution in [3.63, 3.8) is 0 Å². The van der Waals surface area contributed by atoms with Crippen LogP contribution in [0, 0.1) is 23.7 Å². The predicted octanol–water partition coefficient (Wildman–Crippen LogP) is 2.77. The van der Waals surface area contributed by atoms with Crippen molar-refractivity contribution < 1.29 is 14.3 Å². The van der Waals surface area contributed by atoms with Gasteiger partial charge in [-0.3, -0.25) is 4.79 Å². The number of fused-ring (bicyclic) bond motifs is 2. The van der Waals surface area contributed by atoms with E-state index in [0.717, 1.165) is 37.3 Å². The van der Waals surface area contributed by atoms with E-state index in [4.69, 9.17) is 4.74 Å².